The van der Waals surface area contributed by atoms with E-state index in [-0.39, 0.29) is 24.3 Å². The van der Waals surface area contributed by atoms with Crippen LogP contribution in [0.25, 0.3) is 0 Å². The molecule has 0 aliphatic rings. The molecule has 2 aromatic carbocycles. The van der Waals surface area contributed by atoms with E-state index in [0.29, 0.717) is 5.56 Å². The lowest BCUT2D eigenvalue weighted by molar-refractivity contribution is -0.159. The van der Waals surface area contributed by atoms with Gasteiger partial charge in [0.05, 0.1) is 12.2 Å². The fourth-order valence-corrected chi connectivity index (χ4v) is 2.84. The number of hydrogen-bond acceptors (Lipinski definition) is 5. The average Bonchev–Trinajstić information content (AvgIpc) is 2.66. The molecule has 0 spiro atoms. The van der Waals surface area contributed by atoms with Crippen molar-refractivity contribution in [3.63, 3.8) is 0 Å². The molecule has 2 atom stereocenters. The normalized spacial score (nSPS) is 14.3. The highest BCUT2D eigenvalue weighted by molar-refractivity contribution is 5.92. The van der Waals surface area contributed by atoms with Crippen LogP contribution in [0, 0.1) is 0 Å². The predicted molar refractivity (Wildman–Crippen MR) is 96.3 cm³/mol. The van der Waals surface area contributed by atoms with E-state index >= 15 is 0 Å². The number of aliphatic hydroxyl groups is 1. The highest BCUT2D eigenvalue weighted by Gasteiger charge is 2.47. The molecule has 0 radical (unpaired) electrons. The number of hydrogen-bond donors (Lipinski definition) is 2. The first-order valence-electron chi connectivity index (χ1n) is 8.42. The van der Waals surface area contributed by atoms with Crippen LogP contribution in [-0.4, -0.2) is 30.2 Å². The molecule has 2 rings (SSSR count). The van der Waals surface area contributed by atoms with Crippen LogP contribution in [0.4, 0.5) is 0 Å². The third kappa shape index (κ3) is 3.76. The maximum Gasteiger partial charge on any atom is 0.338 e. The van der Waals surface area contributed by atoms with E-state index in [4.69, 9.17) is 15.2 Å². The molecule has 6 heteroatoms. The minimum atomic E-state index is -2.15. The van der Waals surface area contributed by atoms with E-state index in [1.54, 1.807) is 68.4 Å². The van der Waals surface area contributed by atoms with Gasteiger partial charge in [0.1, 0.15) is 6.10 Å². The van der Waals surface area contributed by atoms with E-state index < -0.39 is 23.6 Å². The fourth-order valence-electron chi connectivity index (χ4n) is 2.84. The lowest BCUT2D eigenvalue weighted by Gasteiger charge is -2.34. The van der Waals surface area contributed by atoms with Gasteiger partial charge in [0.25, 0.3) is 5.91 Å². The van der Waals surface area contributed by atoms with Gasteiger partial charge in [-0.2, -0.15) is 0 Å². The number of nitrogens with two attached hydrogens (primary N) is 1. The van der Waals surface area contributed by atoms with Crippen molar-refractivity contribution < 1.29 is 24.2 Å². The first-order chi connectivity index (χ1) is 12.5. The Hall–Kier alpha value is -2.70. The SMILES string of the molecule is CCOC(=O)c1ccccc1C(OCC)C(O)(C(N)=O)c1ccccc1. The lowest BCUT2D eigenvalue weighted by Crippen LogP contribution is -2.47. The molecule has 0 saturated heterocycles. The summed E-state index contributed by atoms with van der Waals surface area (Å²) in [4.78, 5) is 24.6. The molecule has 0 heterocycles. The van der Waals surface area contributed by atoms with Crippen molar-refractivity contribution in [1.82, 2.24) is 0 Å². The summed E-state index contributed by atoms with van der Waals surface area (Å²) in [6.45, 7) is 3.83. The van der Waals surface area contributed by atoms with Crippen LogP contribution in [0.3, 0.4) is 0 Å². The molecule has 138 valence electrons. The first-order valence-corrected chi connectivity index (χ1v) is 8.42. The Bertz CT molecular complexity index is 762. The van der Waals surface area contributed by atoms with Gasteiger partial charge >= 0.3 is 5.97 Å². The number of primary amides is 1. The second-order valence-corrected chi connectivity index (χ2v) is 5.64. The zero-order valence-corrected chi connectivity index (χ0v) is 14.8. The van der Waals surface area contributed by atoms with Crippen LogP contribution in [-0.2, 0) is 19.9 Å². The van der Waals surface area contributed by atoms with Gasteiger partial charge in [0.2, 0.25) is 0 Å². The third-order valence-electron chi connectivity index (χ3n) is 4.04. The molecule has 0 bridgehead atoms. The average molecular weight is 357 g/mol. The number of carbonyl (C=O) groups excluding carboxylic acids is 2. The summed E-state index contributed by atoms with van der Waals surface area (Å²) >= 11 is 0. The molecule has 3 N–H and O–H groups in total. The van der Waals surface area contributed by atoms with Gasteiger partial charge in [0.15, 0.2) is 5.60 Å². The lowest BCUT2D eigenvalue weighted by atomic mass is 9.82. The molecule has 0 aliphatic carbocycles. The van der Waals surface area contributed by atoms with Crippen molar-refractivity contribution in [1.29, 1.82) is 0 Å². The smallest absolute Gasteiger partial charge is 0.338 e. The number of carbonyl (C=O) groups is 2. The zero-order chi connectivity index (χ0) is 19.2. The number of ether oxygens (including phenoxy) is 2. The van der Waals surface area contributed by atoms with Gasteiger partial charge in [-0.25, -0.2) is 4.79 Å². The van der Waals surface area contributed by atoms with Crippen LogP contribution in [0.2, 0.25) is 0 Å². The van der Waals surface area contributed by atoms with Crippen molar-refractivity contribution in [3.05, 3.63) is 71.3 Å². The summed E-state index contributed by atoms with van der Waals surface area (Å²) in [7, 11) is 0. The molecule has 6 nitrogen and oxygen atoms in total. The Morgan fingerprint density at radius 1 is 1.04 bits per heavy atom. The first kappa shape index (κ1) is 19.6. The minimum absolute atomic E-state index is 0.199. The number of esters is 1. The van der Waals surface area contributed by atoms with Gasteiger partial charge < -0.3 is 20.3 Å². The highest BCUT2D eigenvalue weighted by Crippen LogP contribution is 2.39. The van der Waals surface area contributed by atoms with Gasteiger partial charge in [-0.05, 0) is 31.0 Å². The van der Waals surface area contributed by atoms with Gasteiger partial charge in [-0.15, -0.1) is 0 Å². The van der Waals surface area contributed by atoms with Crippen LogP contribution in [0.1, 0.15) is 41.4 Å². The molecule has 0 aromatic heterocycles. The van der Waals surface area contributed by atoms with Gasteiger partial charge in [0, 0.05) is 6.61 Å². The summed E-state index contributed by atoms with van der Waals surface area (Å²) in [5.74, 6) is -1.53. The molecule has 0 aliphatic heterocycles. The number of rotatable bonds is 8. The minimum Gasteiger partial charge on any atom is -0.462 e. The van der Waals surface area contributed by atoms with Crippen molar-refractivity contribution in [2.45, 2.75) is 25.6 Å². The summed E-state index contributed by atoms with van der Waals surface area (Å²) in [6.07, 6.45) is -1.17. The molecule has 26 heavy (non-hydrogen) atoms. The summed E-state index contributed by atoms with van der Waals surface area (Å²) in [5.41, 5.74) is 4.24. The predicted octanol–water partition coefficient (Wildman–Crippen LogP) is 2.31. The number of benzene rings is 2. The van der Waals surface area contributed by atoms with Crippen molar-refractivity contribution >= 4 is 11.9 Å². The highest BCUT2D eigenvalue weighted by atomic mass is 16.5. The Labute approximate surface area is 152 Å². The van der Waals surface area contributed by atoms with E-state index in [2.05, 4.69) is 0 Å². The second kappa shape index (κ2) is 8.60. The quantitative estimate of drug-likeness (QED) is 0.707. The standard InChI is InChI=1S/C20H23NO5/c1-3-25-17(15-12-8-9-13-16(15)18(22)26-4-2)20(24,19(21)23)14-10-6-5-7-11-14/h5-13,17,24H,3-4H2,1-2H3,(H2,21,23). The Morgan fingerprint density at radius 2 is 1.65 bits per heavy atom. The van der Waals surface area contributed by atoms with Gasteiger partial charge in [-0.3, -0.25) is 4.79 Å². The van der Waals surface area contributed by atoms with Gasteiger partial charge in [-0.1, -0.05) is 48.5 Å². The Kier molecular flexibility index (Phi) is 6.49. The zero-order valence-electron chi connectivity index (χ0n) is 14.8. The van der Waals surface area contributed by atoms with Crippen LogP contribution in [0.15, 0.2) is 54.6 Å². The Morgan fingerprint density at radius 3 is 2.23 bits per heavy atom. The molecular formula is C20H23NO5. The molecule has 0 fully saturated rings. The topological polar surface area (TPSA) is 98.8 Å². The molecule has 0 saturated carbocycles. The maximum atomic E-state index is 12.3. The van der Waals surface area contributed by atoms with Crippen LogP contribution < -0.4 is 5.73 Å². The van der Waals surface area contributed by atoms with Crippen molar-refractivity contribution in [3.8, 4) is 0 Å². The van der Waals surface area contributed by atoms with Crippen molar-refractivity contribution in [2.24, 2.45) is 5.73 Å². The van der Waals surface area contributed by atoms with E-state index in [1.165, 1.54) is 0 Å². The maximum absolute atomic E-state index is 12.3. The largest absolute Gasteiger partial charge is 0.462 e. The van der Waals surface area contributed by atoms with Crippen molar-refractivity contribution in [2.75, 3.05) is 13.2 Å². The number of amides is 1. The van der Waals surface area contributed by atoms with Crippen LogP contribution >= 0.6 is 0 Å². The van der Waals surface area contributed by atoms with Crippen LogP contribution in [0.5, 0.6) is 0 Å². The molecule has 1 amide bonds. The fraction of sp³-hybridized carbons (Fsp3) is 0.300. The molecule has 2 aromatic rings. The Balaban J connectivity index is 2.65. The van der Waals surface area contributed by atoms with E-state index in [9.17, 15) is 14.7 Å². The molecule has 2 unspecified atom stereocenters. The van der Waals surface area contributed by atoms with E-state index in [0.717, 1.165) is 0 Å². The summed E-state index contributed by atoms with van der Waals surface area (Å²) < 4.78 is 10.8. The third-order valence-corrected chi connectivity index (χ3v) is 4.04. The van der Waals surface area contributed by atoms with E-state index in [1.807, 2.05) is 0 Å². The summed E-state index contributed by atoms with van der Waals surface area (Å²) in [5, 5.41) is 11.3. The monoisotopic (exact) mass is 357 g/mol. The molecular weight excluding hydrogens is 334 g/mol. The second-order valence-electron chi connectivity index (χ2n) is 5.64. The summed E-state index contributed by atoms with van der Waals surface area (Å²) in [6, 6.07) is 14.8.